The molecule has 0 radical (unpaired) electrons. The van der Waals surface area contributed by atoms with Gasteiger partial charge in [-0.15, -0.1) is 0 Å². The van der Waals surface area contributed by atoms with Crippen molar-refractivity contribution in [1.29, 1.82) is 0 Å². The van der Waals surface area contributed by atoms with Crippen LogP contribution in [0.1, 0.15) is 48.8 Å². The van der Waals surface area contributed by atoms with E-state index in [4.69, 9.17) is 4.74 Å². The third-order valence-corrected chi connectivity index (χ3v) is 7.75. The van der Waals surface area contributed by atoms with Crippen LogP contribution < -0.4 is 15.4 Å². The second-order valence-corrected chi connectivity index (χ2v) is 10.9. The van der Waals surface area contributed by atoms with Crippen molar-refractivity contribution in [3.8, 4) is 11.5 Å². The normalized spacial score (nSPS) is 19.1. The number of carbonyl (C=O) groups excluding carboxylic acids is 3. The lowest BCUT2D eigenvalue weighted by Crippen LogP contribution is -2.44. The fourth-order valence-corrected chi connectivity index (χ4v) is 5.44. The number of aldehydes is 2. The minimum Gasteiger partial charge on any atom is -0.457 e. The molecule has 2 aromatic heterocycles. The van der Waals surface area contributed by atoms with E-state index in [0.717, 1.165) is 36.9 Å². The predicted molar refractivity (Wildman–Crippen MR) is 175 cm³/mol. The first-order valence-corrected chi connectivity index (χ1v) is 15.5. The van der Waals surface area contributed by atoms with Crippen molar-refractivity contribution >= 4 is 29.4 Å². The Kier molecular flexibility index (Phi) is 13.7. The number of benzene rings is 2. The van der Waals surface area contributed by atoms with Gasteiger partial charge in [-0.2, -0.15) is 13.2 Å². The van der Waals surface area contributed by atoms with Crippen LogP contribution in [-0.4, -0.2) is 66.1 Å². The number of amides is 1. The van der Waals surface area contributed by atoms with Crippen LogP contribution in [0.5, 0.6) is 11.5 Å². The minimum atomic E-state index is -4.36. The number of hydrogen-bond acceptors (Lipinski definition) is 7. The van der Waals surface area contributed by atoms with Crippen LogP contribution in [0.2, 0.25) is 0 Å². The van der Waals surface area contributed by atoms with Gasteiger partial charge in [0.25, 0.3) is 0 Å². The number of nitrogens with zero attached hydrogens (tertiary/aromatic N) is 2. The molecule has 3 N–H and O–H groups in total. The number of aromatic amines is 1. The zero-order valence-electron chi connectivity index (χ0n) is 27.2. The molecule has 3 heterocycles. The second kappa shape index (κ2) is 17.4. The van der Waals surface area contributed by atoms with Crippen LogP contribution >= 0.6 is 0 Å². The predicted octanol–water partition coefficient (Wildman–Crippen LogP) is 6.26. The number of aromatic nitrogens is 2. The van der Waals surface area contributed by atoms with Crippen molar-refractivity contribution in [2.75, 3.05) is 20.6 Å². The highest BCUT2D eigenvalue weighted by Gasteiger charge is 2.59. The average Bonchev–Trinajstić information content (AvgIpc) is 3.37. The number of piperidine rings is 1. The number of halogens is 3. The zero-order valence-corrected chi connectivity index (χ0v) is 27.2. The summed E-state index contributed by atoms with van der Waals surface area (Å²) in [6, 6.07) is 14.9. The Bertz CT molecular complexity index is 1540. The molecule has 12 heteroatoms. The summed E-state index contributed by atoms with van der Waals surface area (Å²) in [5.74, 6) is 1.97. The van der Waals surface area contributed by atoms with Crippen molar-refractivity contribution in [2.45, 2.75) is 52.0 Å². The van der Waals surface area contributed by atoms with Gasteiger partial charge < -0.3 is 30.0 Å². The number of likely N-dealkylation sites (N-methyl/N-ethyl adjacent to an activating group) is 1. The molecule has 4 aromatic rings. The second-order valence-electron chi connectivity index (χ2n) is 10.9. The number of pyridine rings is 1. The van der Waals surface area contributed by atoms with Gasteiger partial charge in [-0.3, -0.25) is 14.6 Å². The smallest absolute Gasteiger partial charge is 0.416 e. The van der Waals surface area contributed by atoms with E-state index in [1.807, 2.05) is 33.2 Å². The van der Waals surface area contributed by atoms with Gasteiger partial charge in [0, 0.05) is 47.1 Å². The van der Waals surface area contributed by atoms with Crippen molar-refractivity contribution in [2.24, 2.45) is 11.8 Å². The number of ether oxygens (including phenoxy) is 1. The maximum atomic E-state index is 12.4. The lowest BCUT2D eigenvalue weighted by Gasteiger charge is -2.24. The number of rotatable bonds is 8. The minimum absolute atomic E-state index is 0.0569. The molecule has 252 valence electrons. The first kappa shape index (κ1) is 36.9. The molecule has 4 atom stereocenters. The van der Waals surface area contributed by atoms with E-state index in [-0.39, 0.29) is 11.9 Å². The van der Waals surface area contributed by atoms with Gasteiger partial charge in [-0.25, -0.2) is 0 Å². The van der Waals surface area contributed by atoms with Gasteiger partial charge in [0.2, 0.25) is 5.91 Å². The largest absolute Gasteiger partial charge is 0.457 e. The molecule has 0 spiro atoms. The molecule has 1 aliphatic heterocycles. The fourth-order valence-electron chi connectivity index (χ4n) is 5.44. The number of hydrogen-bond donors (Lipinski definition) is 3. The summed E-state index contributed by atoms with van der Waals surface area (Å²) in [7, 11) is 3.68. The highest BCUT2D eigenvalue weighted by atomic mass is 19.4. The molecule has 2 aliphatic rings. The van der Waals surface area contributed by atoms with E-state index in [2.05, 4.69) is 33.6 Å². The summed E-state index contributed by atoms with van der Waals surface area (Å²) >= 11 is 0. The van der Waals surface area contributed by atoms with Crippen LogP contribution in [0, 0.1) is 11.8 Å². The van der Waals surface area contributed by atoms with Crippen molar-refractivity contribution in [1.82, 2.24) is 25.5 Å². The molecule has 1 aliphatic carbocycles. The van der Waals surface area contributed by atoms with Gasteiger partial charge in [0.1, 0.15) is 24.1 Å². The van der Waals surface area contributed by atoms with Crippen molar-refractivity contribution in [3.05, 3.63) is 89.9 Å². The first-order chi connectivity index (χ1) is 22.6. The topological polar surface area (TPSA) is 116 Å². The maximum Gasteiger partial charge on any atom is 0.416 e. The van der Waals surface area contributed by atoms with E-state index >= 15 is 0 Å². The van der Waals surface area contributed by atoms with E-state index in [1.54, 1.807) is 42.4 Å². The van der Waals surface area contributed by atoms with E-state index in [9.17, 15) is 27.6 Å². The number of nitrogens with one attached hydrogen (secondary N) is 3. The molecule has 9 nitrogen and oxygen atoms in total. The Morgan fingerprint density at radius 1 is 1.02 bits per heavy atom. The third kappa shape index (κ3) is 9.97. The van der Waals surface area contributed by atoms with E-state index in [1.165, 1.54) is 23.2 Å². The van der Waals surface area contributed by atoms with Gasteiger partial charge in [-0.1, -0.05) is 20.8 Å². The van der Waals surface area contributed by atoms with Crippen molar-refractivity contribution < 1.29 is 32.3 Å². The Morgan fingerprint density at radius 3 is 2.19 bits per heavy atom. The molecule has 2 aromatic carbocycles. The highest BCUT2D eigenvalue weighted by Crippen LogP contribution is 2.52. The number of fused-ring (bicyclic) bond motifs is 2. The Hall–Kier alpha value is -4.55. The monoisotopic (exact) mass is 653 g/mol. The zero-order chi connectivity index (χ0) is 34.6. The molecule has 1 saturated carbocycles. The molecule has 47 heavy (non-hydrogen) atoms. The summed E-state index contributed by atoms with van der Waals surface area (Å²) < 4.78 is 42.4. The van der Waals surface area contributed by atoms with Crippen molar-refractivity contribution in [3.63, 3.8) is 0 Å². The molecule has 2 fully saturated rings. The molecular formula is C35H42F3N5O4. The molecule has 6 rings (SSSR count). The Labute approximate surface area is 272 Å². The Morgan fingerprint density at radius 2 is 1.66 bits per heavy atom. The summed E-state index contributed by atoms with van der Waals surface area (Å²) in [5.41, 5.74) is 2.12. The lowest BCUT2D eigenvalue weighted by molar-refractivity contribution is -0.137. The van der Waals surface area contributed by atoms with Crippen LogP contribution in [-0.2, 0) is 22.3 Å². The third-order valence-electron chi connectivity index (χ3n) is 7.75. The molecule has 0 bridgehead atoms. The van der Waals surface area contributed by atoms with E-state index in [0.29, 0.717) is 47.8 Å². The number of carbonyl (C=O) groups is 3. The average molecular weight is 654 g/mol. The summed E-state index contributed by atoms with van der Waals surface area (Å²) in [6.45, 7) is 7.35. The number of likely N-dealkylation sites (tertiary alicyclic amines) is 1. The first-order valence-electron chi connectivity index (χ1n) is 15.5. The summed E-state index contributed by atoms with van der Waals surface area (Å²) in [5, 5.41) is 7.10. The van der Waals surface area contributed by atoms with Gasteiger partial charge in [-0.05, 0) is 93.0 Å². The molecule has 4 unspecified atom stereocenters. The van der Waals surface area contributed by atoms with Gasteiger partial charge in [0.15, 0.2) is 0 Å². The fraction of sp³-hybridized carbons (Fsp3) is 0.371. The lowest BCUT2D eigenvalue weighted by atomic mass is 10.1. The number of H-pyrrole nitrogens is 1. The van der Waals surface area contributed by atoms with Crippen LogP contribution in [0.3, 0.4) is 0 Å². The molecular weight excluding hydrogens is 611 g/mol. The Balaban J connectivity index is 0.000000191. The van der Waals surface area contributed by atoms with Crippen LogP contribution in [0.25, 0.3) is 10.9 Å². The van der Waals surface area contributed by atoms with Crippen LogP contribution in [0.15, 0.2) is 73.1 Å². The standard InChI is InChI=1S/C14H9F3O2.C10H16N2O2.C9H11N3.C2H6/c15-14(16,17)11-3-7-13(8-4-11)19-12-5-1-10(9-18)2-6-12;1-6-8-3-7(5-13)12(10(6)8)9(14)4-11-2;1-10-6-8-4-7-5-11-3-2-9(7)12-8;1-2/h1-9H;5-8,10-11H,3-4H2,1-2H3;2-5,10,12H,6H2,1H3;1-2H3. The molecule has 1 saturated heterocycles. The maximum absolute atomic E-state index is 12.4. The van der Waals surface area contributed by atoms with Crippen LogP contribution in [0.4, 0.5) is 13.2 Å². The highest BCUT2D eigenvalue weighted by molar-refractivity contribution is 5.83. The summed E-state index contributed by atoms with van der Waals surface area (Å²) in [6.07, 6.45) is 1.77. The summed E-state index contributed by atoms with van der Waals surface area (Å²) in [4.78, 5) is 42.1. The van der Waals surface area contributed by atoms with E-state index < -0.39 is 11.7 Å². The quantitative estimate of drug-likeness (QED) is 0.192. The molecule has 1 amide bonds. The number of alkyl halides is 3. The SMILES string of the molecule is CC.CNCC(=O)N1C(C=O)CC2C(C)C21.CNCc1cc2cnccc2[nH]1.O=Cc1ccc(Oc2ccc(C(F)(F)F)cc2)cc1. The van der Waals surface area contributed by atoms with Gasteiger partial charge in [0.05, 0.1) is 18.2 Å². The van der Waals surface area contributed by atoms with Gasteiger partial charge >= 0.3 is 6.18 Å².